The van der Waals surface area contributed by atoms with Crippen molar-refractivity contribution in [2.75, 3.05) is 26.3 Å². The smallest absolute Gasteiger partial charge is 0.138 e. The first-order valence-electron chi connectivity index (χ1n) is 5.51. The first-order chi connectivity index (χ1) is 8.15. The average molecular weight is 260 g/mol. The third-order valence-corrected chi connectivity index (χ3v) is 2.94. The Labute approximate surface area is 105 Å². The summed E-state index contributed by atoms with van der Waals surface area (Å²) in [5.74, 6) is 0.109. The van der Waals surface area contributed by atoms with Crippen molar-refractivity contribution in [2.45, 2.75) is 6.10 Å². The topological polar surface area (TPSA) is 22.9 Å². The van der Waals surface area contributed by atoms with Gasteiger partial charge in [0.2, 0.25) is 0 Å². The standard InChI is InChI=1S/C12H15ClFNO2/c1-15-4-5-16-10(7-15)8-17-12-3-2-9(14)6-11(12)13/h2-3,6,10,15H,1,4-5,7-8H2. The van der Waals surface area contributed by atoms with E-state index in [0.29, 0.717) is 19.0 Å². The molecule has 1 aliphatic heterocycles. The zero-order chi connectivity index (χ0) is 12.3. The fourth-order valence-corrected chi connectivity index (χ4v) is 1.96. The van der Waals surface area contributed by atoms with Gasteiger partial charge in [0.05, 0.1) is 24.7 Å². The molecule has 1 aromatic carbocycles. The average Bonchev–Trinajstić information content (AvgIpc) is 2.28. The second kappa shape index (κ2) is 5.67. The Morgan fingerprint density at radius 3 is 3.12 bits per heavy atom. The lowest BCUT2D eigenvalue weighted by molar-refractivity contribution is -0.867. The number of ether oxygens (including phenoxy) is 2. The highest BCUT2D eigenvalue weighted by Crippen LogP contribution is 2.24. The Kier molecular flexibility index (Phi) is 4.20. The second-order valence-electron chi connectivity index (χ2n) is 4.08. The van der Waals surface area contributed by atoms with Crippen LogP contribution in [0.15, 0.2) is 18.2 Å². The number of halogens is 2. The SMILES string of the molecule is [CH2-][NH+]1CCOC(COc2ccc(F)cc2Cl)C1. The summed E-state index contributed by atoms with van der Waals surface area (Å²) < 4.78 is 23.9. The molecule has 1 saturated heterocycles. The first-order valence-corrected chi connectivity index (χ1v) is 5.89. The fourth-order valence-electron chi connectivity index (χ4n) is 1.73. The van der Waals surface area contributed by atoms with Crippen LogP contribution in [0.1, 0.15) is 0 Å². The van der Waals surface area contributed by atoms with E-state index in [9.17, 15) is 4.39 Å². The van der Waals surface area contributed by atoms with Gasteiger partial charge in [0, 0.05) is 0 Å². The lowest BCUT2D eigenvalue weighted by atomic mass is 10.3. The molecule has 0 saturated carbocycles. The minimum absolute atomic E-state index is 0.0115. The maximum Gasteiger partial charge on any atom is 0.138 e. The molecule has 0 bridgehead atoms. The van der Waals surface area contributed by atoms with Gasteiger partial charge in [0.25, 0.3) is 0 Å². The van der Waals surface area contributed by atoms with Crippen LogP contribution in [0, 0.1) is 12.9 Å². The van der Waals surface area contributed by atoms with E-state index in [4.69, 9.17) is 21.1 Å². The predicted molar refractivity (Wildman–Crippen MR) is 62.7 cm³/mol. The Hall–Kier alpha value is -0.840. The zero-order valence-electron chi connectivity index (χ0n) is 9.42. The van der Waals surface area contributed by atoms with Crippen molar-refractivity contribution in [2.24, 2.45) is 0 Å². The van der Waals surface area contributed by atoms with Gasteiger partial charge < -0.3 is 14.4 Å². The molecule has 0 amide bonds. The number of benzene rings is 1. The van der Waals surface area contributed by atoms with Crippen LogP contribution in [0.4, 0.5) is 4.39 Å². The molecule has 0 radical (unpaired) electrons. The van der Waals surface area contributed by atoms with Crippen LogP contribution in [0.25, 0.3) is 0 Å². The van der Waals surface area contributed by atoms with Gasteiger partial charge in [0.15, 0.2) is 0 Å². The Morgan fingerprint density at radius 2 is 2.41 bits per heavy atom. The number of hydrogen-bond donors (Lipinski definition) is 1. The normalized spacial score (nSPS) is 24.6. The molecule has 1 heterocycles. The van der Waals surface area contributed by atoms with Crippen molar-refractivity contribution in [3.8, 4) is 5.75 Å². The number of morpholine rings is 1. The van der Waals surface area contributed by atoms with Crippen molar-refractivity contribution >= 4 is 11.6 Å². The molecule has 1 fully saturated rings. The maximum absolute atomic E-state index is 12.8. The maximum atomic E-state index is 12.8. The van der Waals surface area contributed by atoms with Gasteiger partial charge in [-0.3, -0.25) is 0 Å². The highest BCUT2D eigenvalue weighted by atomic mass is 35.5. The molecule has 0 aromatic heterocycles. The van der Waals surface area contributed by atoms with E-state index in [1.165, 1.54) is 23.1 Å². The Bertz CT molecular complexity index is 389. The molecule has 3 nitrogen and oxygen atoms in total. The van der Waals surface area contributed by atoms with Crippen molar-refractivity contribution in [3.05, 3.63) is 36.1 Å². The van der Waals surface area contributed by atoms with Gasteiger partial charge in [-0.25, -0.2) is 4.39 Å². The van der Waals surface area contributed by atoms with Crippen LogP contribution in [0.2, 0.25) is 5.02 Å². The van der Waals surface area contributed by atoms with Crippen LogP contribution >= 0.6 is 11.6 Å². The zero-order valence-corrected chi connectivity index (χ0v) is 10.2. The minimum Gasteiger partial charge on any atom is -0.489 e. The number of nitrogens with one attached hydrogen (secondary N) is 1. The van der Waals surface area contributed by atoms with Gasteiger partial charge >= 0.3 is 0 Å². The summed E-state index contributed by atoms with van der Waals surface area (Å²) in [5.41, 5.74) is 0. The molecule has 0 aliphatic carbocycles. The molecule has 0 spiro atoms. The van der Waals surface area contributed by atoms with E-state index in [-0.39, 0.29) is 16.9 Å². The fraction of sp³-hybridized carbons (Fsp3) is 0.417. The number of hydrogen-bond acceptors (Lipinski definition) is 2. The molecule has 1 aliphatic rings. The van der Waals surface area contributed by atoms with Gasteiger partial charge in [-0.05, 0) is 18.2 Å². The van der Waals surface area contributed by atoms with Crippen LogP contribution in [-0.4, -0.2) is 32.4 Å². The summed E-state index contributed by atoms with van der Waals surface area (Å²) >= 11 is 5.85. The third-order valence-electron chi connectivity index (χ3n) is 2.64. The Balaban J connectivity index is 1.88. The van der Waals surface area contributed by atoms with E-state index in [1.807, 2.05) is 0 Å². The van der Waals surface area contributed by atoms with Crippen molar-refractivity contribution in [3.63, 3.8) is 0 Å². The van der Waals surface area contributed by atoms with E-state index in [1.54, 1.807) is 0 Å². The summed E-state index contributed by atoms with van der Waals surface area (Å²) in [6.45, 7) is 2.81. The highest BCUT2D eigenvalue weighted by molar-refractivity contribution is 6.32. The summed E-state index contributed by atoms with van der Waals surface area (Å²) in [7, 11) is 3.94. The van der Waals surface area contributed by atoms with Gasteiger partial charge in [-0.1, -0.05) is 11.6 Å². The van der Waals surface area contributed by atoms with Gasteiger partial charge in [-0.15, -0.1) is 0 Å². The molecule has 17 heavy (non-hydrogen) atoms. The predicted octanol–water partition coefficient (Wildman–Crippen LogP) is 0.933. The molecule has 1 aromatic rings. The van der Waals surface area contributed by atoms with E-state index >= 15 is 0 Å². The van der Waals surface area contributed by atoms with E-state index in [0.717, 1.165) is 13.1 Å². The van der Waals surface area contributed by atoms with E-state index in [2.05, 4.69) is 7.05 Å². The molecule has 1 N–H and O–H groups in total. The third kappa shape index (κ3) is 3.56. The minimum atomic E-state index is -0.371. The molecule has 2 atom stereocenters. The largest absolute Gasteiger partial charge is 0.489 e. The number of quaternary nitrogens is 1. The van der Waals surface area contributed by atoms with Crippen LogP contribution in [0.3, 0.4) is 0 Å². The molecule has 5 heteroatoms. The highest BCUT2D eigenvalue weighted by Gasteiger charge is 2.19. The van der Waals surface area contributed by atoms with Crippen LogP contribution in [0.5, 0.6) is 5.75 Å². The van der Waals surface area contributed by atoms with E-state index < -0.39 is 0 Å². The lowest BCUT2D eigenvalue weighted by Crippen LogP contribution is -3.10. The van der Waals surface area contributed by atoms with Gasteiger partial charge in [-0.2, -0.15) is 7.05 Å². The molecule has 2 unspecified atom stereocenters. The van der Waals surface area contributed by atoms with Crippen molar-refractivity contribution < 1.29 is 18.8 Å². The first kappa shape index (κ1) is 12.6. The number of rotatable bonds is 3. The Morgan fingerprint density at radius 1 is 1.59 bits per heavy atom. The monoisotopic (exact) mass is 259 g/mol. The summed E-state index contributed by atoms with van der Waals surface area (Å²) in [4.78, 5) is 1.18. The summed E-state index contributed by atoms with van der Waals surface area (Å²) in [6, 6.07) is 4.08. The summed E-state index contributed by atoms with van der Waals surface area (Å²) in [5, 5.41) is 0.277. The molecular weight excluding hydrogens is 245 g/mol. The molecule has 94 valence electrons. The van der Waals surface area contributed by atoms with Gasteiger partial charge in [0.1, 0.15) is 24.3 Å². The molecule has 2 rings (SSSR count). The van der Waals surface area contributed by atoms with Crippen LogP contribution < -0.4 is 9.64 Å². The van der Waals surface area contributed by atoms with Crippen molar-refractivity contribution in [1.29, 1.82) is 0 Å². The quantitative estimate of drug-likeness (QED) is 0.817. The van der Waals surface area contributed by atoms with Crippen molar-refractivity contribution in [1.82, 2.24) is 0 Å². The molecular formula is C12H15ClFNO2. The lowest BCUT2D eigenvalue weighted by Gasteiger charge is -2.31. The van der Waals surface area contributed by atoms with Crippen LogP contribution in [-0.2, 0) is 4.74 Å². The summed E-state index contributed by atoms with van der Waals surface area (Å²) in [6.07, 6.45) is 0.0115. The second-order valence-corrected chi connectivity index (χ2v) is 4.49.